The molecule has 0 aliphatic rings. The van der Waals surface area contributed by atoms with E-state index >= 15 is 0 Å². The molecule has 0 bridgehead atoms. The molecule has 0 aromatic heterocycles. The fourth-order valence-electron chi connectivity index (χ4n) is 4.01. The molecule has 8 heteroatoms. The van der Waals surface area contributed by atoms with Crippen LogP contribution in [-0.4, -0.2) is 23.0 Å². The van der Waals surface area contributed by atoms with Gasteiger partial charge in [-0.2, -0.15) is 13.2 Å². The van der Waals surface area contributed by atoms with Crippen LogP contribution >= 0.6 is 0 Å². The van der Waals surface area contributed by atoms with E-state index in [-0.39, 0.29) is 12.0 Å². The summed E-state index contributed by atoms with van der Waals surface area (Å²) in [5.41, 5.74) is 5.44. The van der Waals surface area contributed by atoms with Crippen molar-refractivity contribution in [1.29, 1.82) is 0 Å². The Labute approximate surface area is 193 Å². The molecule has 0 aliphatic heterocycles. The Balaban J connectivity index is 1.62. The molecule has 0 saturated carbocycles. The van der Waals surface area contributed by atoms with Gasteiger partial charge in [0.2, 0.25) is 5.91 Å². The number of rotatable bonds is 6. The Bertz CT molecular complexity index is 1310. The van der Waals surface area contributed by atoms with Gasteiger partial charge in [-0.15, -0.1) is 0 Å². The highest BCUT2D eigenvalue weighted by atomic mass is 19.4. The number of carbonyl (C=O) groups is 2. The van der Waals surface area contributed by atoms with Gasteiger partial charge in [0.25, 0.3) is 5.91 Å². The van der Waals surface area contributed by atoms with Gasteiger partial charge in [-0.1, -0.05) is 60.7 Å². The molecule has 0 heterocycles. The summed E-state index contributed by atoms with van der Waals surface area (Å²) in [5, 5.41) is 16.5. The molecule has 5 nitrogen and oxygen atoms in total. The average Bonchev–Trinajstić information content (AvgIpc) is 2.82. The summed E-state index contributed by atoms with van der Waals surface area (Å²) in [6.45, 7) is 0. The second kappa shape index (κ2) is 9.15. The Kier molecular flexibility index (Phi) is 6.26. The molecule has 0 fully saturated rings. The molecule has 0 unspecified atom stereocenters. The largest absolute Gasteiger partial charge is 0.416 e. The van der Waals surface area contributed by atoms with Gasteiger partial charge in [-0.3, -0.25) is 9.59 Å². The molecule has 4 aromatic carbocycles. The van der Waals surface area contributed by atoms with Crippen LogP contribution in [0.1, 0.15) is 22.8 Å². The Morgan fingerprint density at radius 1 is 0.882 bits per heavy atom. The zero-order valence-corrected chi connectivity index (χ0v) is 17.8. The van der Waals surface area contributed by atoms with Gasteiger partial charge < -0.3 is 16.2 Å². The fourth-order valence-corrected chi connectivity index (χ4v) is 4.01. The predicted molar refractivity (Wildman–Crippen MR) is 123 cm³/mol. The molecule has 174 valence electrons. The summed E-state index contributed by atoms with van der Waals surface area (Å²) < 4.78 is 38.3. The first-order chi connectivity index (χ1) is 16.1. The second-order valence-corrected chi connectivity index (χ2v) is 7.99. The number of primary amides is 1. The highest BCUT2D eigenvalue weighted by Crippen LogP contribution is 2.31. The number of fused-ring (bicyclic) bond motifs is 2. The van der Waals surface area contributed by atoms with E-state index in [1.807, 2.05) is 54.6 Å². The zero-order valence-electron chi connectivity index (χ0n) is 17.8. The van der Waals surface area contributed by atoms with Crippen molar-refractivity contribution in [3.63, 3.8) is 0 Å². The second-order valence-electron chi connectivity index (χ2n) is 7.99. The molecule has 0 aliphatic carbocycles. The topological polar surface area (TPSA) is 92.4 Å². The van der Waals surface area contributed by atoms with Crippen molar-refractivity contribution in [2.75, 3.05) is 0 Å². The van der Waals surface area contributed by atoms with Crippen LogP contribution in [0.5, 0.6) is 0 Å². The normalized spacial score (nSPS) is 13.5. The highest BCUT2D eigenvalue weighted by molar-refractivity contribution is 6.03. The van der Waals surface area contributed by atoms with E-state index < -0.39 is 35.7 Å². The first-order valence-electron chi connectivity index (χ1n) is 10.5. The van der Waals surface area contributed by atoms with E-state index in [1.165, 1.54) is 0 Å². The minimum atomic E-state index is -4.54. The lowest BCUT2D eigenvalue weighted by atomic mass is 9.92. The molecule has 0 radical (unpaired) electrons. The maximum Gasteiger partial charge on any atom is 0.416 e. The Morgan fingerprint density at radius 3 is 1.91 bits per heavy atom. The van der Waals surface area contributed by atoms with E-state index in [9.17, 15) is 27.9 Å². The third-order valence-electron chi connectivity index (χ3n) is 5.75. The van der Waals surface area contributed by atoms with Crippen LogP contribution in [0.15, 0.2) is 78.9 Å². The maximum atomic E-state index is 12.8. The van der Waals surface area contributed by atoms with Crippen molar-refractivity contribution >= 4 is 33.4 Å². The lowest BCUT2D eigenvalue weighted by Gasteiger charge is -2.20. The molecule has 34 heavy (non-hydrogen) atoms. The monoisotopic (exact) mass is 466 g/mol. The molecular formula is C26H21F3N2O3. The summed E-state index contributed by atoms with van der Waals surface area (Å²) in [7, 11) is 0. The van der Waals surface area contributed by atoms with Gasteiger partial charge in [0, 0.05) is 6.42 Å². The number of aliphatic hydroxyl groups is 1. The molecule has 0 saturated heterocycles. The standard InChI is InChI=1S/C26H21F3N2O3/c27-26(28,29)18-11-9-15(10-12-18)23(32)25(34)31-22(24(30)33)14-21-19-7-3-1-5-16(19)13-17-6-2-4-8-20(17)21/h1-13,22-23,32H,14H2,(H2,30,33)(H,31,34)/t22-,23+/m1/s1. The number of halogens is 3. The van der Waals surface area contributed by atoms with Crippen LogP contribution < -0.4 is 11.1 Å². The summed E-state index contributed by atoms with van der Waals surface area (Å²) in [4.78, 5) is 24.9. The van der Waals surface area contributed by atoms with Gasteiger partial charge in [-0.05, 0) is 50.9 Å². The van der Waals surface area contributed by atoms with Gasteiger partial charge >= 0.3 is 6.18 Å². The van der Waals surface area contributed by atoms with Gasteiger partial charge in [0.1, 0.15) is 6.04 Å². The number of hydrogen-bond donors (Lipinski definition) is 3. The molecule has 4 aromatic rings. The van der Waals surface area contributed by atoms with Crippen LogP contribution in [0.25, 0.3) is 21.5 Å². The first-order valence-corrected chi connectivity index (χ1v) is 10.5. The summed E-state index contributed by atoms with van der Waals surface area (Å²) in [5.74, 6) is -1.74. The Hall–Kier alpha value is -3.91. The van der Waals surface area contributed by atoms with Gasteiger partial charge in [0.05, 0.1) is 5.56 Å². The summed E-state index contributed by atoms with van der Waals surface area (Å²) in [6.07, 6.45) is -6.24. The maximum absolute atomic E-state index is 12.8. The van der Waals surface area contributed by atoms with Crippen LogP contribution in [-0.2, 0) is 22.2 Å². The van der Waals surface area contributed by atoms with Crippen molar-refractivity contribution in [2.24, 2.45) is 5.73 Å². The number of amides is 2. The molecular weight excluding hydrogens is 445 g/mol. The van der Waals surface area contributed by atoms with Crippen molar-refractivity contribution in [3.05, 3.63) is 95.6 Å². The van der Waals surface area contributed by atoms with Gasteiger partial charge in [-0.25, -0.2) is 0 Å². The summed E-state index contributed by atoms with van der Waals surface area (Å²) in [6, 6.07) is 19.7. The first kappa shape index (κ1) is 23.3. The summed E-state index contributed by atoms with van der Waals surface area (Å²) >= 11 is 0. The lowest BCUT2D eigenvalue weighted by Crippen LogP contribution is -2.47. The molecule has 2 amide bonds. The highest BCUT2D eigenvalue weighted by Gasteiger charge is 2.31. The molecule has 2 atom stereocenters. The van der Waals surface area contributed by atoms with E-state index in [1.54, 1.807) is 0 Å². The number of hydrogen-bond acceptors (Lipinski definition) is 3. The van der Waals surface area contributed by atoms with E-state index in [0.29, 0.717) is 0 Å². The van der Waals surface area contributed by atoms with E-state index in [4.69, 9.17) is 5.73 Å². The van der Waals surface area contributed by atoms with Crippen molar-refractivity contribution in [3.8, 4) is 0 Å². The number of nitrogens with one attached hydrogen (secondary N) is 1. The van der Waals surface area contributed by atoms with Crippen LogP contribution in [0.3, 0.4) is 0 Å². The minimum Gasteiger partial charge on any atom is -0.378 e. The molecule has 4 rings (SSSR count). The Morgan fingerprint density at radius 2 is 1.41 bits per heavy atom. The van der Waals surface area contributed by atoms with Crippen LogP contribution in [0, 0.1) is 0 Å². The average molecular weight is 466 g/mol. The van der Waals surface area contributed by atoms with Crippen molar-refractivity contribution in [1.82, 2.24) is 5.32 Å². The fraction of sp³-hybridized carbons (Fsp3) is 0.154. The number of alkyl halides is 3. The molecule has 4 N–H and O–H groups in total. The number of benzene rings is 4. The smallest absolute Gasteiger partial charge is 0.378 e. The zero-order chi connectivity index (χ0) is 24.5. The lowest BCUT2D eigenvalue weighted by molar-refractivity contribution is -0.137. The SMILES string of the molecule is NC(=O)[C@@H](Cc1c2ccccc2cc2ccccc12)NC(=O)[C@@H](O)c1ccc(C(F)(F)F)cc1. The van der Waals surface area contributed by atoms with Crippen molar-refractivity contribution < 1.29 is 27.9 Å². The van der Waals surface area contributed by atoms with E-state index in [2.05, 4.69) is 5.32 Å². The minimum absolute atomic E-state index is 0.0377. The predicted octanol–water partition coefficient (Wildman–Crippen LogP) is 4.26. The van der Waals surface area contributed by atoms with Crippen LogP contribution in [0.4, 0.5) is 13.2 Å². The van der Waals surface area contributed by atoms with Gasteiger partial charge in [0.15, 0.2) is 6.10 Å². The number of aliphatic hydroxyl groups excluding tert-OH is 1. The third kappa shape index (κ3) is 4.72. The quantitative estimate of drug-likeness (QED) is 0.371. The number of nitrogens with two attached hydrogens (primary N) is 1. The number of carbonyl (C=O) groups excluding carboxylic acids is 2. The van der Waals surface area contributed by atoms with Crippen molar-refractivity contribution in [2.45, 2.75) is 24.7 Å². The van der Waals surface area contributed by atoms with E-state index in [0.717, 1.165) is 51.4 Å². The molecule has 0 spiro atoms. The van der Waals surface area contributed by atoms with Crippen LogP contribution in [0.2, 0.25) is 0 Å². The third-order valence-corrected chi connectivity index (χ3v) is 5.75.